The zero-order valence-corrected chi connectivity index (χ0v) is 19.7. The Hall–Kier alpha value is -3.27. The maximum atomic E-state index is 13.3. The Morgan fingerprint density at radius 2 is 1.74 bits per heavy atom. The van der Waals surface area contributed by atoms with E-state index in [1.807, 2.05) is 30.3 Å². The molecule has 1 heterocycles. The largest absolute Gasteiger partial charge is 0.416 e. The predicted molar refractivity (Wildman–Crippen MR) is 128 cm³/mol. The summed E-state index contributed by atoms with van der Waals surface area (Å²) in [6.45, 7) is 0.107. The van der Waals surface area contributed by atoms with E-state index >= 15 is 0 Å². The van der Waals surface area contributed by atoms with E-state index in [0.29, 0.717) is 10.1 Å². The van der Waals surface area contributed by atoms with Crippen molar-refractivity contribution in [1.82, 2.24) is 15.1 Å². The molecule has 4 rings (SSSR count). The summed E-state index contributed by atoms with van der Waals surface area (Å²) >= 11 is 1.24. The minimum atomic E-state index is -4.54. The van der Waals surface area contributed by atoms with Gasteiger partial charge >= 0.3 is 6.18 Å². The molecule has 1 N–H and O–H groups in total. The van der Waals surface area contributed by atoms with E-state index in [4.69, 9.17) is 0 Å². The van der Waals surface area contributed by atoms with Crippen molar-refractivity contribution in [3.05, 3.63) is 65.7 Å². The minimum absolute atomic E-state index is 0.00144. The number of halogens is 3. The average Bonchev–Trinajstić information content (AvgIpc) is 3.33. The Morgan fingerprint density at radius 3 is 2.46 bits per heavy atom. The number of hydrogen-bond acceptors (Lipinski definition) is 5. The van der Waals surface area contributed by atoms with Crippen LogP contribution in [0.1, 0.15) is 54.4 Å². The lowest BCUT2D eigenvalue weighted by molar-refractivity contribution is -0.137. The van der Waals surface area contributed by atoms with Gasteiger partial charge in [0.2, 0.25) is 11.0 Å². The van der Waals surface area contributed by atoms with Gasteiger partial charge in [-0.15, -0.1) is 10.2 Å². The van der Waals surface area contributed by atoms with Crippen LogP contribution in [0.5, 0.6) is 0 Å². The Balaban J connectivity index is 1.44. The van der Waals surface area contributed by atoms with Crippen molar-refractivity contribution in [3.8, 4) is 10.6 Å². The molecular formula is C25H25F3N4O2S. The number of nitrogens with one attached hydrogen (secondary N) is 1. The highest BCUT2D eigenvalue weighted by atomic mass is 32.1. The minimum Gasteiger partial charge on any atom is -0.335 e. The number of aromatic nitrogens is 2. The molecule has 0 spiro atoms. The molecule has 2 amide bonds. The molecule has 3 aromatic rings. The van der Waals surface area contributed by atoms with Gasteiger partial charge in [0.05, 0.1) is 5.56 Å². The lowest BCUT2D eigenvalue weighted by Crippen LogP contribution is -2.43. The highest BCUT2D eigenvalue weighted by Gasteiger charge is 2.32. The van der Waals surface area contributed by atoms with Crippen molar-refractivity contribution in [2.24, 2.45) is 0 Å². The van der Waals surface area contributed by atoms with Crippen LogP contribution >= 0.6 is 11.3 Å². The molecule has 0 radical (unpaired) electrons. The van der Waals surface area contributed by atoms with Crippen LogP contribution in [-0.4, -0.2) is 39.5 Å². The Labute approximate surface area is 205 Å². The Morgan fingerprint density at radius 1 is 1.00 bits per heavy atom. The normalized spacial score (nSPS) is 14.5. The fourth-order valence-corrected chi connectivity index (χ4v) is 4.98. The summed E-state index contributed by atoms with van der Waals surface area (Å²) in [5.41, 5.74) is -0.00160. The first-order valence-electron chi connectivity index (χ1n) is 11.5. The second-order valence-electron chi connectivity index (χ2n) is 8.45. The number of rotatable bonds is 7. The molecule has 1 aliphatic carbocycles. The van der Waals surface area contributed by atoms with Crippen molar-refractivity contribution >= 4 is 28.3 Å². The summed E-state index contributed by atoms with van der Waals surface area (Å²) in [7, 11) is 0. The topological polar surface area (TPSA) is 75.2 Å². The van der Waals surface area contributed by atoms with Gasteiger partial charge in [0.1, 0.15) is 5.01 Å². The molecule has 0 aliphatic heterocycles. The smallest absolute Gasteiger partial charge is 0.335 e. The molecule has 184 valence electrons. The molecule has 2 aromatic carbocycles. The van der Waals surface area contributed by atoms with E-state index < -0.39 is 17.6 Å². The van der Waals surface area contributed by atoms with Gasteiger partial charge in [0.25, 0.3) is 5.91 Å². The number of hydrogen-bond donors (Lipinski definition) is 1. The molecule has 10 heteroatoms. The maximum absolute atomic E-state index is 13.3. The fourth-order valence-electron chi connectivity index (χ4n) is 4.21. The number of carbonyl (C=O) groups excluding carboxylic acids is 2. The monoisotopic (exact) mass is 502 g/mol. The number of anilines is 1. The quantitative estimate of drug-likeness (QED) is 0.428. The van der Waals surface area contributed by atoms with E-state index in [2.05, 4.69) is 15.5 Å². The summed E-state index contributed by atoms with van der Waals surface area (Å²) in [4.78, 5) is 27.5. The lowest BCUT2D eigenvalue weighted by atomic mass is 9.93. The first-order valence-corrected chi connectivity index (χ1v) is 12.3. The maximum Gasteiger partial charge on any atom is 0.416 e. The molecule has 1 saturated carbocycles. The van der Waals surface area contributed by atoms with Crippen LogP contribution in [0.4, 0.5) is 18.3 Å². The summed E-state index contributed by atoms with van der Waals surface area (Å²) in [6.07, 6.45) is -0.0596. The fraction of sp³-hybridized carbons (Fsp3) is 0.360. The SMILES string of the molecule is O=C(CCN(C(=O)c1cccc(C(F)(F)F)c1)C1CCCCC1)Nc1nnc(-c2ccccc2)s1. The lowest BCUT2D eigenvalue weighted by Gasteiger charge is -2.34. The second kappa shape index (κ2) is 11.0. The first-order chi connectivity index (χ1) is 16.8. The highest BCUT2D eigenvalue weighted by Crippen LogP contribution is 2.31. The second-order valence-corrected chi connectivity index (χ2v) is 9.42. The predicted octanol–water partition coefficient (Wildman–Crippen LogP) is 6.03. The van der Waals surface area contributed by atoms with E-state index in [1.54, 1.807) is 4.90 Å². The molecule has 1 aromatic heterocycles. The summed E-state index contributed by atoms with van der Waals surface area (Å²) < 4.78 is 39.5. The van der Waals surface area contributed by atoms with Gasteiger partial charge in [-0.25, -0.2) is 0 Å². The third-order valence-electron chi connectivity index (χ3n) is 5.99. The van der Waals surface area contributed by atoms with E-state index in [1.165, 1.54) is 23.5 Å². The van der Waals surface area contributed by atoms with Crippen molar-refractivity contribution in [3.63, 3.8) is 0 Å². The van der Waals surface area contributed by atoms with Crippen LogP contribution in [0.3, 0.4) is 0 Å². The number of benzene rings is 2. The number of nitrogens with zero attached hydrogens (tertiary/aromatic N) is 3. The van der Waals surface area contributed by atoms with Crippen LogP contribution < -0.4 is 5.32 Å². The average molecular weight is 503 g/mol. The van der Waals surface area contributed by atoms with Gasteiger partial charge in [-0.3, -0.25) is 9.59 Å². The van der Waals surface area contributed by atoms with Crippen molar-refractivity contribution in [2.75, 3.05) is 11.9 Å². The van der Waals surface area contributed by atoms with Gasteiger partial charge in [-0.05, 0) is 31.0 Å². The molecular weight excluding hydrogens is 477 g/mol. The van der Waals surface area contributed by atoms with Crippen LogP contribution in [0.15, 0.2) is 54.6 Å². The third kappa shape index (κ3) is 6.45. The molecule has 0 bridgehead atoms. The zero-order chi connectivity index (χ0) is 24.8. The molecule has 0 atom stereocenters. The molecule has 0 unspecified atom stereocenters. The summed E-state index contributed by atoms with van der Waals surface area (Å²) in [5.74, 6) is -0.823. The van der Waals surface area contributed by atoms with Gasteiger partial charge < -0.3 is 10.2 Å². The molecule has 35 heavy (non-hydrogen) atoms. The summed E-state index contributed by atoms with van der Waals surface area (Å²) in [6, 6.07) is 13.8. The zero-order valence-electron chi connectivity index (χ0n) is 18.9. The number of alkyl halides is 3. The molecule has 1 aliphatic rings. The van der Waals surface area contributed by atoms with Crippen molar-refractivity contribution < 1.29 is 22.8 Å². The third-order valence-corrected chi connectivity index (χ3v) is 6.87. The Bertz CT molecular complexity index is 1160. The Kier molecular flexibility index (Phi) is 7.80. The van der Waals surface area contributed by atoms with Gasteiger partial charge in [-0.1, -0.05) is 67.0 Å². The van der Waals surface area contributed by atoms with Crippen LogP contribution in [0.2, 0.25) is 0 Å². The van der Waals surface area contributed by atoms with Gasteiger partial charge in [0, 0.05) is 30.1 Å². The van der Waals surface area contributed by atoms with Crippen LogP contribution in [-0.2, 0) is 11.0 Å². The molecule has 0 saturated heterocycles. The van der Waals surface area contributed by atoms with Crippen molar-refractivity contribution in [2.45, 2.75) is 50.7 Å². The molecule has 6 nitrogen and oxygen atoms in total. The number of amides is 2. The summed E-state index contributed by atoms with van der Waals surface area (Å²) in [5, 5.41) is 11.9. The first kappa shape index (κ1) is 24.8. The van der Waals surface area contributed by atoms with Crippen LogP contribution in [0.25, 0.3) is 10.6 Å². The van der Waals surface area contributed by atoms with E-state index in [0.717, 1.165) is 49.8 Å². The van der Waals surface area contributed by atoms with E-state index in [9.17, 15) is 22.8 Å². The number of carbonyl (C=O) groups is 2. The highest BCUT2D eigenvalue weighted by molar-refractivity contribution is 7.18. The van der Waals surface area contributed by atoms with Gasteiger partial charge in [0.15, 0.2) is 0 Å². The molecule has 1 fully saturated rings. The standard InChI is InChI=1S/C25H25F3N4O2S/c26-25(27,28)19-11-7-10-18(16-19)23(34)32(20-12-5-2-6-13-20)15-14-21(33)29-24-31-30-22(35-24)17-8-3-1-4-9-17/h1,3-4,7-11,16,20H,2,5-6,12-15H2,(H,29,31,33). The van der Waals surface area contributed by atoms with E-state index in [-0.39, 0.29) is 30.5 Å². The van der Waals surface area contributed by atoms with Crippen LogP contribution in [0, 0.1) is 0 Å². The van der Waals surface area contributed by atoms with Crippen molar-refractivity contribution in [1.29, 1.82) is 0 Å². The van der Waals surface area contributed by atoms with Gasteiger partial charge in [-0.2, -0.15) is 13.2 Å².